The molecule has 0 radical (unpaired) electrons. The van der Waals surface area contributed by atoms with Crippen molar-refractivity contribution >= 4 is 21.8 Å². The van der Waals surface area contributed by atoms with Crippen LogP contribution < -0.4 is 0 Å². The van der Waals surface area contributed by atoms with Gasteiger partial charge in [0.15, 0.2) is 0 Å². The van der Waals surface area contributed by atoms with Crippen molar-refractivity contribution < 1.29 is 9.18 Å². The Morgan fingerprint density at radius 1 is 1.40 bits per heavy atom. The summed E-state index contributed by atoms with van der Waals surface area (Å²) in [5.74, 6) is -0.603. The number of benzene rings is 1. The number of amides is 1. The van der Waals surface area contributed by atoms with Crippen LogP contribution in [0.15, 0.2) is 22.7 Å². The number of nitrogens with zero attached hydrogens (tertiary/aromatic N) is 3. The topological polar surface area (TPSA) is 47.3 Å². The number of piperazine rings is 1. The Balaban J connectivity index is 2.05. The molecule has 20 heavy (non-hydrogen) atoms. The molecule has 0 saturated carbocycles. The summed E-state index contributed by atoms with van der Waals surface area (Å²) in [6, 6.07) is 6.15. The highest BCUT2D eigenvalue weighted by molar-refractivity contribution is 9.10. The van der Waals surface area contributed by atoms with E-state index in [1.54, 1.807) is 4.90 Å². The SMILES string of the molecule is CC(C#N)N1CCN(C(=O)c2cc(F)ccc2Br)CC1. The van der Waals surface area contributed by atoms with E-state index in [-0.39, 0.29) is 11.9 Å². The van der Waals surface area contributed by atoms with Gasteiger partial charge in [0.2, 0.25) is 0 Å². The largest absolute Gasteiger partial charge is 0.336 e. The molecule has 1 aliphatic heterocycles. The number of hydrogen-bond acceptors (Lipinski definition) is 3. The maximum Gasteiger partial charge on any atom is 0.255 e. The number of halogens is 2. The summed E-state index contributed by atoms with van der Waals surface area (Å²) in [5, 5.41) is 8.89. The quantitative estimate of drug-likeness (QED) is 0.830. The van der Waals surface area contributed by atoms with E-state index in [1.165, 1.54) is 18.2 Å². The molecule has 4 nitrogen and oxygen atoms in total. The van der Waals surface area contributed by atoms with Crippen molar-refractivity contribution in [2.45, 2.75) is 13.0 Å². The molecule has 1 aromatic carbocycles. The second-order valence-electron chi connectivity index (χ2n) is 4.76. The molecular weight excluding hydrogens is 325 g/mol. The molecule has 1 amide bonds. The molecule has 1 atom stereocenters. The van der Waals surface area contributed by atoms with Gasteiger partial charge in [0.1, 0.15) is 5.82 Å². The summed E-state index contributed by atoms with van der Waals surface area (Å²) in [4.78, 5) is 16.1. The molecule has 6 heteroatoms. The van der Waals surface area contributed by atoms with Gasteiger partial charge in [-0.25, -0.2) is 4.39 Å². The van der Waals surface area contributed by atoms with Gasteiger partial charge >= 0.3 is 0 Å². The summed E-state index contributed by atoms with van der Waals surface area (Å²) < 4.78 is 13.8. The standard InChI is InChI=1S/C14H15BrFN3O/c1-10(9-17)18-4-6-19(7-5-18)14(20)12-8-11(16)2-3-13(12)15/h2-3,8,10H,4-7H2,1H3. The Kier molecular flexibility index (Phi) is 4.73. The van der Waals surface area contributed by atoms with E-state index in [9.17, 15) is 9.18 Å². The third-order valence-electron chi connectivity index (χ3n) is 3.49. The van der Waals surface area contributed by atoms with Crippen molar-refractivity contribution in [1.82, 2.24) is 9.80 Å². The van der Waals surface area contributed by atoms with Crippen LogP contribution in [0.1, 0.15) is 17.3 Å². The average Bonchev–Trinajstić information content (AvgIpc) is 2.48. The first-order valence-corrected chi connectivity index (χ1v) is 7.20. The Labute approximate surface area is 125 Å². The van der Waals surface area contributed by atoms with Crippen LogP contribution in [0.5, 0.6) is 0 Å². The molecular formula is C14H15BrFN3O. The highest BCUT2D eigenvalue weighted by Crippen LogP contribution is 2.20. The average molecular weight is 340 g/mol. The van der Waals surface area contributed by atoms with Crippen LogP contribution in [0.3, 0.4) is 0 Å². The fourth-order valence-corrected chi connectivity index (χ4v) is 2.64. The first-order valence-electron chi connectivity index (χ1n) is 6.41. The van der Waals surface area contributed by atoms with Crippen LogP contribution in [0.2, 0.25) is 0 Å². The van der Waals surface area contributed by atoms with Gasteiger partial charge in [0, 0.05) is 30.7 Å². The maximum atomic E-state index is 13.3. The smallest absolute Gasteiger partial charge is 0.255 e. The van der Waals surface area contributed by atoms with Gasteiger partial charge in [-0.05, 0) is 41.1 Å². The van der Waals surface area contributed by atoms with Gasteiger partial charge in [0.25, 0.3) is 5.91 Å². The van der Waals surface area contributed by atoms with Crippen LogP contribution >= 0.6 is 15.9 Å². The number of hydrogen-bond donors (Lipinski definition) is 0. The zero-order valence-electron chi connectivity index (χ0n) is 11.1. The van der Waals surface area contributed by atoms with Crippen LogP contribution in [0.4, 0.5) is 4.39 Å². The van der Waals surface area contributed by atoms with E-state index in [2.05, 4.69) is 22.0 Å². The molecule has 1 aliphatic rings. The van der Waals surface area contributed by atoms with Crippen LogP contribution in [0.25, 0.3) is 0 Å². The van der Waals surface area contributed by atoms with E-state index in [0.717, 1.165) is 0 Å². The first-order chi connectivity index (χ1) is 9.52. The normalized spacial score (nSPS) is 17.6. The van der Waals surface area contributed by atoms with Gasteiger partial charge in [-0.1, -0.05) is 0 Å². The summed E-state index contributed by atoms with van der Waals surface area (Å²) in [6.07, 6.45) is 0. The fourth-order valence-electron chi connectivity index (χ4n) is 2.23. The number of nitriles is 1. The molecule has 1 saturated heterocycles. The molecule has 0 bridgehead atoms. The highest BCUT2D eigenvalue weighted by atomic mass is 79.9. The van der Waals surface area contributed by atoms with Crippen molar-refractivity contribution in [3.05, 3.63) is 34.1 Å². The molecule has 0 aromatic heterocycles. The van der Waals surface area contributed by atoms with Crippen LogP contribution in [-0.4, -0.2) is 47.9 Å². The maximum absolute atomic E-state index is 13.3. The predicted molar refractivity (Wildman–Crippen MR) is 76.7 cm³/mol. The molecule has 1 fully saturated rings. The Morgan fingerprint density at radius 2 is 2.05 bits per heavy atom. The Morgan fingerprint density at radius 3 is 2.65 bits per heavy atom. The zero-order valence-corrected chi connectivity index (χ0v) is 12.7. The molecule has 1 aromatic rings. The number of carbonyl (C=O) groups excluding carboxylic acids is 1. The second kappa shape index (κ2) is 6.33. The van der Waals surface area contributed by atoms with Crippen molar-refractivity contribution in [3.8, 4) is 6.07 Å². The summed E-state index contributed by atoms with van der Waals surface area (Å²) in [6.45, 7) is 4.27. The lowest BCUT2D eigenvalue weighted by Crippen LogP contribution is -2.51. The van der Waals surface area contributed by atoms with E-state index < -0.39 is 5.82 Å². The summed E-state index contributed by atoms with van der Waals surface area (Å²) >= 11 is 3.28. The van der Waals surface area contributed by atoms with E-state index in [1.807, 2.05) is 11.8 Å². The van der Waals surface area contributed by atoms with E-state index >= 15 is 0 Å². The second-order valence-corrected chi connectivity index (χ2v) is 5.61. The number of rotatable bonds is 2. The highest BCUT2D eigenvalue weighted by Gasteiger charge is 2.25. The lowest BCUT2D eigenvalue weighted by molar-refractivity contribution is 0.0614. The third-order valence-corrected chi connectivity index (χ3v) is 4.19. The predicted octanol–water partition coefficient (Wildman–Crippen LogP) is 2.26. The molecule has 2 rings (SSSR count). The minimum Gasteiger partial charge on any atom is -0.336 e. The lowest BCUT2D eigenvalue weighted by atomic mass is 10.1. The minimum absolute atomic E-state index is 0.145. The molecule has 0 N–H and O–H groups in total. The summed E-state index contributed by atoms with van der Waals surface area (Å²) in [5.41, 5.74) is 0.340. The molecule has 0 spiro atoms. The van der Waals surface area contributed by atoms with E-state index in [0.29, 0.717) is 36.2 Å². The van der Waals surface area contributed by atoms with Crippen molar-refractivity contribution in [3.63, 3.8) is 0 Å². The monoisotopic (exact) mass is 339 g/mol. The van der Waals surface area contributed by atoms with Crippen molar-refractivity contribution in [2.75, 3.05) is 26.2 Å². The Bertz CT molecular complexity index is 550. The molecule has 1 unspecified atom stereocenters. The van der Waals surface area contributed by atoms with Crippen molar-refractivity contribution in [2.24, 2.45) is 0 Å². The van der Waals surface area contributed by atoms with Crippen LogP contribution in [-0.2, 0) is 0 Å². The first kappa shape index (κ1) is 14.9. The molecule has 106 valence electrons. The van der Waals surface area contributed by atoms with Gasteiger partial charge in [0.05, 0.1) is 17.7 Å². The lowest BCUT2D eigenvalue weighted by Gasteiger charge is -2.36. The zero-order chi connectivity index (χ0) is 14.7. The molecule has 1 heterocycles. The Hall–Kier alpha value is -1.45. The van der Waals surface area contributed by atoms with Crippen molar-refractivity contribution in [1.29, 1.82) is 5.26 Å². The van der Waals surface area contributed by atoms with Gasteiger partial charge in [-0.2, -0.15) is 5.26 Å². The molecule has 0 aliphatic carbocycles. The van der Waals surface area contributed by atoms with Gasteiger partial charge in [-0.15, -0.1) is 0 Å². The van der Waals surface area contributed by atoms with E-state index in [4.69, 9.17) is 5.26 Å². The minimum atomic E-state index is -0.423. The number of carbonyl (C=O) groups is 1. The van der Waals surface area contributed by atoms with Gasteiger partial charge in [-0.3, -0.25) is 9.69 Å². The third kappa shape index (κ3) is 3.17. The summed E-state index contributed by atoms with van der Waals surface area (Å²) in [7, 11) is 0. The van der Waals surface area contributed by atoms with Crippen LogP contribution in [0, 0.1) is 17.1 Å². The van der Waals surface area contributed by atoms with Gasteiger partial charge < -0.3 is 4.90 Å². The fraction of sp³-hybridized carbons (Fsp3) is 0.429.